The first kappa shape index (κ1) is 13.5. The van der Waals surface area contributed by atoms with Crippen molar-refractivity contribution < 1.29 is 28.5 Å². The van der Waals surface area contributed by atoms with E-state index in [2.05, 4.69) is 4.65 Å². The van der Waals surface area contributed by atoms with Gasteiger partial charge in [-0.3, -0.25) is 0 Å². The highest BCUT2D eigenvalue weighted by atomic mass is 16.7. The number of hydrogen-bond donors (Lipinski definition) is 1. The van der Waals surface area contributed by atoms with Crippen molar-refractivity contribution in [1.29, 1.82) is 0 Å². The Labute approximate surface area is 100 Å². The van der Waals surface area contributed by atoms with Crippen LogP contribution < -0.4 is 18.9 Å². The molecule has 17 heavy (non-hydrogen) atoms. The van der Waals surface area contributed by atoms with Gasteiger partial charge in [0.25, 0.3) is 0 Å². The van der Waals surface area contributed by atoms with Crippen LogP contribution in [0.3, 0.4) is 0 Å². The van der Waals surface area contributed by atoms with E-state index >= 15 is 0 Å². The predicted octanol–water partition coefficient (Wildman–Crippen LogP) is 0.715. The summed E-state index contributed by atoms with van der Waals surface area (Å²) in [4.78, 5) is 0. The summed E-state index contributed by atoms with van der Waals surface area (Å²) in [5.74, 6) is 1.50. The Morgan fingerprint density at radius 2 is 1.41 bits per heavy atom. The molecule has 7 heteroatoms. The van der Waals surface area contributed by atoms with Crippen LogP contribution in [0.25, 0.3) is 0 Å². The summed E-state index contributed by atoms with van der Waals surface area (Å²) >= 11 is 0. The van der Waals surface area contributed by atoms with Gasteiger partial charge in [0.05, 0.1) is 21.3 Å². The second-order valence-electron chi connectivity index (χ2n) is 2.99. The van der Waals surface area contributed by atoms with Crippen LogP contribution >= 0.6 is 0 Å². The van der Waals surface area contributed by atoms with Crippen molar-refractivity contribution in [3.05, 3.63) is 12.1 Å². The molecule has 0 bridgehead atoms. The van der Waals surface area contributed by atoms with Gasteiger partial charge in [0.1, 0.15) is 5.75 Å². The molecular formula is C10H15BO6. The van der Waals surface area contributed by atoms with Gasteiger partial charge in [-0.05, 0) is 12.1 Å². The number of methoxy groups -OCH3 is 3. The summed E-state index contributed by atoms with van der Waals surface area (Å²) < 4.78 is 25.1. The Morgan fingerprint density at radius 1 is 0.882 bits per heavy atom. The maximum Gasteiger partial charge on any atom is 0.710 e. The maximum atomic E-state index is 9.25. The maximum absolute atomic E-state index is 9.25. The molecule has 94 valence electrons. The molecule has 1 N–H and O–H groups in total. The Morgan fingerprint density at radius 3 is 1.88 bits per heavy atom. The normalized spacial score (nSPS) is 9.71. The molecule has 1 aromatic carbocycles. The van der Waals surface area contributed by atoms with Gasteiger partial charge in [-0.1, -0.05) is 0 Å². The zero-order valence-electron chi connectivity index (χ0n) is 10.2. The summed E-state index contributed by atoms with van der Waals surface area (Å²) in [5.41, 5.74) is 0. The molecule has 0 aliphatic carbocycles. The number of benzene rings is 1. The molecule has 0 unspecified atom stereocenters. The summed E-state index contributed by atoms with van der Waals surface area (Å²) in [6.45, 7) is 0. The minimum atomic E-state index is -1.37. The van der Waals surface area contributed by atoms with Crippen LogP contribution in [0.15, 0.2) is 12.1 Å². The number of hydrogen-bond acceptors (Lipinski definition) is 6. The van der Waals surface area contributed by atoms with Crippen LogP contribution in [0.2, 0.25) is 0 Å². The number of ether oxygens (including phenoxy) is 3. The third kappa shape index (κ3) is 2.95. The topological polar surface area (TPSA) is 66.4 Å². The molecule has 0 amide bonds. The minimum Gasteiger partial charge on any atom is -0.509 e. The van der Waals surface area contributed by atoms with E-state index in [0.29, 0.717) is 23.0 Å². The Hall–Kier alpha value is -1.60. The molecule has 0 radical (unpaired) electrons. The van der Waals surface area contributed by atoms with E-state index < -0.39 is 7.32 Å². The quantitative estimate of drug-likeness (QED) is 0.741. The first-order valence-electron chi connectivity index (χ1n) is 4.84. The third-order valence-electron chi connectivity index (χ3n) is 2.10. The Kier molecular flexibility index (Phi) is 4.93. The lowest BCUT2D eigenvalue weighted by molar-refractivity contribution is 0.231. The van der Waals surface area contributed by atoms with Gasteiger partial charge in [-0.2, -0.15) is 0 Å². The second-order valence-corrected chi connectivity index (χ2v) is 2.99. The fourth-order valence-electron chi connectivity index (χ4n) is 1.32. The van der Waals surface area contributed by atoms with Crippen molar-refractivity contribution in [3.8, 4) is 23.0 Å². The molecule has 1 aromatic rings. The molecule has 0 aliphatic heterocycles. The van der Waals surface area contributed by atoms with Crippen molar-refractivity contribution >= 4 is 7.32 Å². The Balaban J connectivity index is 3.14. The molecule has 0 aromatic heterocycles. The van der Waals surface area contributed by atoms with Crippen molar-refractivity contribution in [3.63, 3.8) is 0 Å². The zero-order chi connectivity index (χ0) is 12.8. The smallest absolute Gasteiger partial charge is 0.509 e. The molecule has 1 rings (SSSR count). The zero-order valence-corrected chi connectivity index (χ0v) is 10.2. The van der Waals surface area contributed by atoms with E-state index in [9.17, 15) is 5.02 Å². The highest BCUT2D eigenvalue weighted by Gasteiger charge is 2.22. The van der Waals surface area contributed by atoms with Crippen molar-refractivity contribution in [1.82, 2.24) is 0 Å². The van der Waals surface area contributed by atoms with Crippen LogP contribution in [-0.2, 0) is 4.65 Å². The van der Waals surface area contributed by atoms with Gasteiger partial charge < -0.3 is 28.5 Å². The van der Waals surface area contributed by atoms with Crippen LogP contribution in [0.5, 0.6) is 23.0 Å². The molecule has 0 heterocycles. The Bertz CT molecular complexity index is 370. The SMILES string of the molecule is COB(O)Oc1ccc(OC)c(OC)c1OC. The van der Waals surface area contributed by atoms with Crippen molar-refractivity contribution in [2.24, 2.45) is 0 Å². The predicted molar refractivity (Wildman–Crippen MR) is 61.7 cm³/mol. The van der Waals surface area contributed by atoms with Crippen LogP contribution in [-0.4, -0.2) is 40.8 Å². The molecule has 0 saturated heterocycles. The van der Waals surface area contributed by atoms with Crippen LogP contribution in [0, 0.1) is 0 Å². The van der Waals surface area contributed by atoms with E-state index in [0.717, 1.165) is 0 Å². The molecule has 0 aliphatic rings. The lowest BCUT2D eigenvalue weighted by atomic mass is 10.2. The summed E-state index contributed by atoms with van der Waals surface area (Å²) in [7, 11) is 4.40. The second kappa shape index (κ2) is 6.22. The van der Waals surface area contributed by atoms with Gasteiger partial charge in [-0.15, -0.1) is 0 Å². The van der Waals surface area contributed by atoms with Gasteiger partial charge in [0, 0.05) is 7.11 Å². The molecule has 0 fully saturated rings. The van der Waals surface area contributed by atoms with Crippen LogP contribution in [0.1, 0.15) is 0 Å². The lowest BCUT2D eigenvalue weighted by Gasteiger charge is -2.16. The van der Waals surface area contributed by atoms with E-state index in [1.165, 1.54) is 28.4 Å². The summed E-state index contributed by atoms with van der Waals surface area (Å²) in [5, 5.41) is 9.25. The minimum absolute atomic E-state index is 0.291. The van der Waals surface area contributed by atoms with Crippen molar-refractivity contribution in [2.45, 2.75) is 0 Å². The van der Waals surface area contributed by atoms with E-state index in [4.69, 9.17) is 18.9 Å². The first-order valence-corrected chi connectivity index (χ1v) is 4.84. The highest BCUT2D eigenvalue weighted by Crippen LogP contribution is 2.43. The number of rotatable bonds is 6. The first-order chi connectivity index (χ1) is 8.17. The molecule has 0 saturated carbocycles. The standard InChI is InChI=1S/C10H15BO6/c1-13-7-5-6-8(17-11(12)16-4)10(15-3)9(7)14-2/h5-6,12H,1-4H3. The lowest BCUT2D eigenvalue weighted by Crippen LogP contribution is -2.24. The van der Waals surface area contributed by atoms with E-state index in [-0.39, 0.29) is 0 Å². The van der Waals surface area contributed by atoms with Crippen molar-refractivity contribution in [2.75, 3.05) is 28.4 Å². The van der Waals surface area contributed by atoms with Gasteiger partial charge in [0.2, 0.25) is 11.5 Å². The van der Waals surface area contributed by atoms with E-state index in [1.807, 2.05) is 0 Å². The summed E-state index contributed by atoms with van der Waals surface area (Å²) in [6, 6.07) is 3.22. The van der Waals surface area contributed by atoms with Gasteiger partial charge >= 0.3 is 7.32 Å². The van der Waals surface area contributed by atoms with Crippen LogP contribution in [0.4, 0.5) is 0 Å². The monoisotopic (exact) mass is 242 g/mol. The molecular weight excluding hydrogens is 227 g/mol. The third-order valence-corrected chi connectivity index (χ3v) is 2.10. The average molecular weight is 242 g/mol. The molecule has 0 spiro atoms. The fraction of sp³-hybridized carbons (Fsp3) is 0.400. The summed E-state index contributed by atoms with van der Waals surface area (Å²) in [6.07, 6.45) is 0. The molecule has 0 atom stereocenters. The van der Waals surface area contributed by atoms with E-state index in [1.54, 1.807) is 12.1 Å². The fourth-order valence-corrected chi connectivity index (χ4v) is 1.32. The van der Waals surface area contributed by atoms with Gasteiger partial charge in [0.15, 0.2) is 5.75 Å². The molecule has 6 nitrogen and oxygen atoms in total. The highest BCUT2D eigenvalue weighted by molar-refractivity contribution is 6.35. The van der Waals surface area contributed by atoms with Gasteiger partial charge in [-0.25, -0.2) is 0 Å². The largest absolute Gasteiger partial charge is 0.710 e. The average Bonchev–Trinajstić information content (AvgIpc) is 2.37.